The molecule has 1 aromatic heterocycles. The van der Waals surface area contributed by atoms with Gasteiger partial charge in [-0.05, 0) is 43.4 Å². The number of benzene rings is 1. The highest BCUT2D eigenvalue weighted by Crippen LogP contribution is 2.28. The van der Waals surface area contributed by atoms with Crippen LogP contribution in [0.15, 0.2) is 27.4 Å². The Bertz CT molecular complexity index is 854. The van der Waals surface area contributed by atoms with Crippen LogP contribution in [0.25, 0.3) is 11.0 Å². The van der Waals surface area contributed by atoms with E-state index in [1.807, 2.05) is 0 Å². The number of rotatable bonds is 2. The predicted octanol–water partition coefficient (Wildman–Crippen LogP) is 1.80. The lowest BCUT2D eigenvalue weighted by molar-refractivity contribution is 0.496. The molecule has 0 amide bonds. The molecule has 3 rings (SSSR count). The Morgan fingerprint density at radius 2 is 1.90 bits per heavy atom. The molecule has 0 bridgehead atoms. The lowest BCUT2D eigenvalue weighted by Gasteiger charge is -2.08. The Hall–Kier alpha value is -1.86. The molecule has 112 valence electrons. The fourth-order valence-electron chi connectivity index (χ4n) is 2.79. The van der Waals surface area contributed by atoms with Crippen LogP contribution < -0.4 is 14.9 Å². The van der Waals surface area contributed by atoms with E-state index >= 15 is 0 Å². The van der Waals surface area contributed by atoms with Gasteiger partial charge in [0.25, 0.3) is 0 Å². The zero-order valence-corrected chi connectivity index (χ0v) is 12.1. The van der Waals surface area contributed by atoms with E-state index in [9.17, 15) is 9.00 Å². The highest BCUT2D eigenvalue weighted by atomic mass is 32.2. The van der Waals surface area contributed by atoms with Crippen LogP contribution in [0.4, 0.5) is 0 Å². The predicted molar refractivity (Wildman–Crippen MR) is 78.6 cm³/mol. The fraction of sp³-hybridized carbons (Fsp3) is 0.357. The van der Waals surface area contributed by atoms with Crippen LogP contribution in [0, 0.1) is 0 Å². The van der Waals surface area contributed by atoms with Gasteiger partial charge in [0, 0.05) is 17.0 Å². The number of hydrogen-bond acceptors (Lipinski definition) is 4. The van der Waals surface area contributed by atoms with Gasteiger partial charge < -0.3 is 8.60 Å². The summed E-state index contributed by atoms with van der Waals surface area (Å²) in [7, 11) is -3.85. The van der Waals surface area contributed by atoms with Crippen molar-refractivity contribution in [3.63, 3.8) is 0 Å². The first kappa shape index (κ1) is 14.1. The highest BCUT2D eigenvalue weighted by molar-refractivity contribution is 7.84. The molecule has 3 N–H and O–H groups in total. The van der Waals surface area contributed by atoms with Crippen molar-refractivity contribution in [1.82, 2.24) is 0 Å². The monoisotopic (exact) mass is 310 g/mol. The van der Waals surface area contributed by atoms with E-state index < -0.39 is 10.3 Å². The van der Waals surface area contributed by atoms with Crippen molar-refractivity contribution >= 4 is 21.3 Å². The number of hydrogen-bond donors (Lipinski definition) is 1. The molecule has 1 aromatic carbocycles. The third-order valence-electron chi connectivity index (χ3n) is 3.66. The Morgan fingerprint density at radius 1 is 1.19 bits per heavy atom. The number of aryl methyl sites for hydroxylation is 1. The van der Waals surface area contributed by atoms with Gasteiger partial charge in [-0.2, -0.15) is 4.21 Å². The van der Waals surface area contributed by atoms with Gasteiger partial charge in [0.05, 0.1) is 0 Å². The van der Waals surface area contributed by atoms with Gasteiger partial charge in [-0.25, -0.2) is 4.79 Å². The van der Waals surface area contributed by atoms with Crippen LogP contribution >= 0.6 is 0 Å². The zero-order chi connectivity index (χ0) is 15.0. The summed E-state index contributed by atoms with van der Waals surface area (Å²) in [5.74, 6) is 0.0919. The van der Waals surface area contributed by atoms with Crippen molar-refractivity contribution < 1.29 is 17.0 Å². The van der Waals surface area contributed by atoms with E-state index in [2.05, 4.69) is 0 Å². The Kier molecular flexibility index (Phi) is 3.46. The molecule has 7 heteroatoms. The molecule has 0 spiro atoms. The average molecular weight is 310 g/mol. The van der Waals surface area contributed by atoms with Crippen molar-refractivity contribution in [3.05, 3.63) is 39.7 Å². The summed E-state index contributed by atoms with van der Waals surface area (Å²) in [5, 5.41) is 5.79. The maximum Gasteiger partial charge on any atom is 0.535 e. The lowest BCUT2D eigenvalue weighted by Crippen LogP contribution is -2.18. The standard InChI is InChI=1S/C14H15NO5S/c15-21(17,18)20-9-6-7-11-10-4-2-1-3-5-12(10)14(16)19-13(11)8-9/h6-8H,1-5H2,(H2,15,17,18)/p+1. The SMILES string of the molecule is NS(=O)(=[OH+])Oc1ccc2c3c(c(=O)oc2c1)CCCCC3. The Morgan fingerprint density at radius 3 is 2.62 bits per heavy atom. The molecule has 0 saturated carbocycles. The summed E-state index contributed by atoms with van der Waals surface area (Å²) in [5.41, 5.74) is 1.78. The van der Waals surface area contributed by atoms with Crippen LogP contribution in [-0.4, -0.2) is 8.42 Å². The minimum absolute atomic E-state index is 0.0919. The molecule has 21 heavy (non-hydrogen) atoms. The van der Waals surface area contributed by atoms with Crippen molar-refractivity contribution in [1.29, 1.82) is 0 Å². The third kappa shape index (κ3) is 2.93. The van der Waals surface area contributed by atoms with Gasteiger partial charge in [-0.1, -0.05) is 6.42 Å². The zero-order valence-electron chi connectivity index (χ0n) is 11.3. The summed E-state index contributed by atoms with van der Waals surface area (Å²) >= 11 is 0. The molecule has 0 saturated heterocycles. The first-order valence-electron chi connectivity index (χ1n) is 6.76. The van der Waals surface area contributed by atoms with E-state index in [0.717, 1.165) is 48.6 Å². The van der Waals surface area contributed by atoms with E-state index in [4.69, 9.17) is 17.9 Å². The molecule has 0 aliphatic heterocycles. The molecule has 1 aliphatic carbocycles. The van der Waals surface area contributed by atoms with Gasteiger partial charge in [-0.15, -0.1) is 9.35 Å². The fourth-order valence-corrected chi connectivity index (χ4v) is 3.17. The summed E-state index contributed by atoms with van der Waals surface area (Å²) < 4.78 is 30.1. The summed E-state index contributed by atoms with van der Waals surface area (Å²) in [6, 6.07) is 4.71. The second-order valence-electron chi connectivity index (χ2n) is 5.16. The minimum atomic E-state index is -3.85. The van der Waals surface area contributed by atoms with E-state index in [1.54, 1.807) is 12.1 Å². The first-order valence-corrected chi connectivity index (χ1v) is 8.27. The van der Waals surface area contributed by atoms with Gasteiger partial charge in [-0.3, -0.25) is 0 Å². The van der Waals surface area contributed by atoms with Crippen LogP contribution in [0.2, 0.25) is 0 Å². The number of nitrogens with two attached hydrogens (primary N) is 1. The molecular weight excluding hydrogens is 294 g/mol. The van der Waals surface area contributed by atoms with Gasteiger partial charge in [0.15, 0.2) is 5.75 Å². The molecule has 1 heterocycles. The molecule has 1 atom stereocenters. The Labute approximate surface area is 121 Å². The molecule has 6 nitrogen and oxygen atoms in total. The van der Waals surface area contributed by atoms with E-state index in [1.165, 1.54) is 6.07 Å². The molecule has 0 fully saturated rings. The van der Waals surface area contributed by atoms with Crippen molar-refractivity contribution in [3.8, 4) is 5.75 Å². The highest BCUT2D eigenvalue weighted by Gasteiger charge is 2.18. The van der Waals surface area contributed by atoms with Gasteiger partial charge >= 0.3 is 15.9 Å². The molecule has 1 unspecified atom stereocenters. The normalized spacial score (nSPS) is 17.8. The summed E-state index contributed by atoms with van der Waals surface area (Å²) in [4.78, 5) is 12.1. The largest absolute Gasteiger partial charge is 0.535 e. The van der Waals surface area contributed by atoms with Crippen molar-refractivity contribution in [2.24, 2.45) is 5.14 Å². The second-order valence-corrected chi connectivity index (χ2v) is 6.36. The van der Waals surface area contributed by atoms with Crippen LogP contribution in [0.3, 0.4) is 0 Å². The van der Waals surface area contributed by atoms with E-state index in [0.29, 0.717) is 5.58 Å². The van der Waals surface area contributed by atoms with Gasteiger partial charge in [0.1, 0.15) is 5.58 Å². The number of fused-ring (bicyclic) bond motifs is 3. The maximum absolute atomic E-state index is 12.1. The van der Waals surface area contributed by atoms with Crippen LogP contribution in [-0.2, 0) is 23.1 Å². The second kappa shape index (κ2) is 5.16. The van der Waals surface area contributed by atoms with Crippen LogP contribution in [0.1, 0.15) is 30.4 Å². The first-order chi connectivity index (χ1) is 9.94. The van der Waals surface area contributed by atoms with Crippen molar-refractivity contribution in [2.75, 3.05) is 0 Å². The molecular formula is C14H16NO5S+. The quantitative estimate of drug-likeness (QED) is 0.519. The molecule has 2 aromatic rings. The third-order valence-corrected chi connectivity index (χ3v) is 4.09. The smallest absolute Gasteiger partial charge is 0.422 e. The summed E-state index contributed by atoms with van der Waals surface area (Å²) in [6.07, 6.45) is 4.70. The van der Waals surface area contributed by atoms with Gasteiger partial charge in [0.2, 0.25) is 0 Å². The minimum Gasteiger partial charge on any atom is -0.422 e. The summed E-state index contributed by atoms with van der Waals surface area (Å²) in [6.45, 7) is 0. The van der Waals surface area contributed by atoms with Crippen molar-refractivity contribution in [2.45, 2.75) is 32.1 Å². The molecule has 1 aliphatic rings. The molecule has 0 radical (unpaired) electrons. The lowest BCUT2D eigenvalue weighted by atomic mass is 10.0. The topological polar surface area (TPSA) is 104 Å². The van der Waals surface area contributed by atoms with Crippen LogP contribution in [0.5, 0.6) is 5.75 Å². The maximum atomic E-state index is 12.1. The Balaban J connectivity index is 2.18. The average Bonchev–Trinajstić information content (AvgIpc) is 2.62. The van der Waals surface area contributed by atoms with E-state index in [-0.39, 0.29) is 11.4 Å².